The number of carbonyl (C=O) groups is 2. The molecule has 1 aromatic heterocycles. The first-order valence-corrected chi connectivity index (χ1v) is 6.55. The molecule has 0 aliphatic carbocycles. The van der Waals surface area contributed by atoms with Gasteiger partial charge in [0.25, 0.3) is 5.91 Å². The fourth-order valence-electron chi connectivity index (χ4n) is 2.26. The minimum atomic E-state index is -0.0568. The van der Waals surface area contributed by atoms with Gasteiger partial charge in [-0.25, -0.2) is 0 Å². The van der Waals surface area contributed by atoms with Gasteiger partial charge in [-0.15, -0.1) is 0 Å². The van der Waals surface area contributed by atoms with Crippen molar-refractivity contribution in [1.82, 2.24) is 9.80 Å². The summed E-state index contributed by atoms with van der Waals surface area (Å²) < 4.78 is 5.46. The van der Waals surface area contributed by atoms with Crippen molar-refractivity contribution < 1.29 is 14.0 Å². The van der Waals surface area contributed by atoms with Crippen molar-refractivity contribution in [2.75, 3.05) is 32.7 Å². The van der Waals surface area contributed by atoms with Crippen molar-refractivity contribution in [1.29, 1.82) is 0 Å². The topological polar surface area (TPSA) is 53.8 Å². The Hall–Kier alpha value is -1.62. The highest BCUT2D eigenvalue weighted by atomic mass is 16.4. The summed E-state index contributed by atoms with van der Waals surface area (Å²) in [6.07, 6.45) is 0. The maximum atomic E-state index is 12.2. The number of amides is 1. The monoisotopic (exact) mass is 264 g/mol. The Balaban J connectivity index is 1.94. The van der Waals surface area contributed by atoms with Crippen LogP contribution in [0.25, 0.3) is 0 Å². The van der Waals surface area contributed by atoms with Gasteiger partial charge in [0.05, 0.1) is 6.54 Å². The molecular formula is C14H20N2O3. The van der Waals surface area contributed by atoms with Crippen LogP contribution in [-0.2, 0) is 4.79 Å². The minimum Gasteiger partial charge on any atom is -0.456 e. The van der Waals surface area contributed by atoms with E-state index < -0.39 is 0 Å². The summed E-state index contributed by atoms with van der Waals surface area (Å²) in [5, 5.41) is 0. The molecule has 19 heavy (non-hydrogen) atoms. The maximum absolute atomic E-state index is 12.2. The number of hydrogen-bond donors (Lipinski definition) is 0. The summed E-state index contributed by atoms with van der Waals surface area (Å²) in [5.41, 5.74) is 0.999. The second-order valence-electron chi connectivity index (χ2n) is 5.12. The molecule has 1 aliphatic heterocycles. The fourth-order valence-corrected chi connectivity index (χ4v) is 2.26. The van der Waals surface area contributed by atoms with Crippen molar-refractivity contribution >= 4 is 11.7 Å². The van der Waals surface area contributed by atoms with Gasteiger partial charge in [0.15, 0.2) is 5.76 Å². The third kappa shape index (κ3) is 3.23. The van der Waals surface area contributed by atoms with Crippen molar-refractivity contribution in [3.05, 3.63) is 23.2 Å². The SMILES string of the molecule is CC(=O)CN1CCN(C(=O)c2cc(C)c(C)o2)CC1. The molecule has 5 nitrogen and oxygen atoms in total. The molecular weight excluding hydrogens is 244 g/mol. The zero-order chi connectivity index (χ0) is 14.0. The standard InChI is InChI=1S/C14H20N2O3/c1-10-8-13(19-12(10)3)14(18)16-6-4-15(5-7-16)9-11(2)17/h8H,4-7,9H2,1-3H3. The number of nitrogens with zero attached hydrogens (tertiary/aromatic N) is 2. The average molecular weight is 264 g/mol. The molecule has 0 saturated carbocycles. The molecule has 1 saturated heterocycles. The van der Waals surface area contributed by atoms with Crippen molar-refractivity contribution in [3.8, 4) is 0 Å². The lowest BCUT2D eigenvalue weighted by Crippen LogP contribution is -2.49. The van der Waals surface area contributed by atoms with Crippen LogP contribution in [0.1, 0.15) is 28.8 Å². The van der Waals surface area contributed by atoms with Crippen LogP contribution < -0.4 is 0 Å². The summed E-state index contributed by atoms with van der Waals surface area (Å²) in [6.45, 7) is 8.62. The molecule has 0 spiro atoms. The summed E-state index contributed by atoms with van der Waals surface area (Å²) in [6, 6.07) is 1.79. The van der Waals surface area contributed by atoms with Gasteiger partial charge < -0.3 is 9.32 Å². The number of aryl methyl sites for hydroxylation is 2. The number of furan rings is 1. The predicted molar refractivity (Wildman–Crippen MR) is 71.2 cm³/mol. The second kappa shape index (κ2) is 5.57. The lowest BCUT2D eigenvalue weighted by molar-refractivity contribution is -0.118. The van der Waals surface area contributed by atoms with Crippen LogP contribution in [-0.4, -0.2) is 54.2 Å². The number of piperazine rings is 1. The van der Waals surface area contributed by atoms with Crippen molar-refractivity contribution in [2.45, 2.75) is 20.8 Å². The molecule has 2 rings (SSSR count). The molecule has 0 aromatic carbocycles. The van der Waals surface area contributed by atoms with E-state index in [0.717, 1.165) is 24.4 Å². The molecule has 0 N–H and O–H groups in total. The number of hydrogen-bond acceptors (Lipinski definition) is 4. The largest absolute Gasteiger partial charge is 0.456 e. The van der Waals surface area contributed by atoms with Crippen LogP contribution in [0.15, 0.2) is 10.5 Å². The molecule has 0 bridgehead atoms. The third-order valence-electron chi connectivity index (χ3n) is 3.48. The van der Waals surface area contributed by atoms with Crippen LogP contribution in [0.5, 0.6) is 0 Å². The fraction of sp³-hybridized carbons (Fsp3) is 0.571. The normalized spacial score (nSPS) is 16.7. The molecule has 1 fully saturated rings. The molecule has 0 radical (unpaired) electrons. The summed E-state index contributed by atoms with van der Waals surface area (Å²) in [7, 11) is 0. The number of carbonyl (C=O) groups excluding carboxylic acids is 2. The van der Waals surface area contributed by atoms with Gasteiger partial charge >= 0.3 is 0 Å². The van der Waals surface area contributed by atoms with E-state index in [0.29, 0.717) is 25.4 Å². The first-order chi connectivity index (χ1) is 8.97. The lowest BCUT2D eigenvalue weighted by atomic mass is 10.2. The summed E-state index contributed by atoms with van der Waals surface area (Å²) >= 11 is 0. The Morgan fingerprint density at radius 1 is 1.21 bits per heavy atom. The van der Waals surface area contributed by atoms with Crippen LogP contribution in [0, 0.1) is 13.8 Å². The average Bonchev–Trinajstić information content (AvgIpc) is 2.69. The van der Waals surface area contributed by atoms with Gasteiger partial charge in [0, 0.05) is 26.2 Å². The summed E-state index contributed by atoms with van der Waals surface area (Å²) in [5.74, 6) is 1.31. The molecule has 1 aromatic rings. The first-order valence-electron chi connectivity index (χ1n) is 6.55. The van der Waals surface area contributed by atoms with Crippen molar-refractivity contribution in [2.24, 2.45) is 0 Å². The molecule has 1 amide bonds. The van der Waals surface area contributed by atoms with Crippen LogP contribution in [0.3, 0.4) is 0 Å². The molecule has 1 aliphatic rings. The van der Waals surface area contributed by atoms with E-state index in [1.165, 1.54) is 0 Å². The number of rotatable bonds is 3. The maximum Gasteiger partial charge on any atom is 0.289 e. The predicted octanol–water partition coefficient (Wildman–Crippen LogP) is 1.24. The molecule has 5 heteroatoms. The smallest absolute Gasteiger partial charge is 0.289 e. The second-order valence-corrected chi connectivity index (χ2v) is 5.12. The Kier molecular flexibility index (Phi) is 4.04. The third-order valence-corrected chi connectivity index (χ3v) is 3.48. The molecule has 104 valence electrons. The van der Waals surface area contributed by atoms with Crippen LogP contribution in [0.2, 0.25) is 0 Å². The van der Waals surface area contributed by atoms with E-state index in [4.69, 9.17) is 4.42 Å². The highest BCUT2D eigenvalue weighted by Crippen LogP contribution is 2.16. The van der Waals surface area contributed by atoms with Gasteiger partial charge in [-0.1, -0.05) is 0 Å². The van der Waals surface area contributed by atoms with E-state index in [2.05, 4.69) is 4.90 Å². The van der Waals surface area contributed by atoms with Gasteiger partial charge in [0.1, 0.15) is 11.5 Å². The highest BCUT2D eigenvalue weighted by Gasteiger charge is 2.24. The minimum absolute atomic E-state index is 0.0568. The lowest BCUT2D eigenvalue weighted by Gasteiger charge is -2.33. The van der Waals surface area contributed by atoms with Crippen molar-refractivity contribution in [3.63, 3.8) is 0 Å². The number of ketones is 1. The van der Waals surface area contributed by atoms with Gasteiger partial charge in [-0.3, -0.25) is 14.5 Å². The quantitative estimate of drug-likeness (QED) is 0.824. The Bertz CT molecular complexity index is 465. The van der Waals surface area contributed by atoms with E-state index in [9.17, 15) is 9.59 Å². The molecule has 0 atom stereocenters. The summed E-state index contributed by atoms with van der Waals surface area (Å²) in [4.78, 5) is 27.2. The zero-order valence-electron chi connectivity index (χ0n) is 11.7. The van der Waals surface area contributed by atoms with E-state index in [-0.39, 0.29) is 11.7 Å². The Labute approximate surface area is 113 Å². The Morgan fingerprint density at radius 2 is 1.84 bits per heavy atom. The molecule has 0 unspecified atom stereocenters. The first kappa shape index (κ1) is 13.8. The van der Waals surface area contributed by atoms with Gasteiger partial charge in [0.2, 0.25) is 0 Å². The zero-order valence-corrected chi connectivity index (χ0v) is 11.7. The van der Waals surface area contributed by atoms with Gasteiger partial charge in [-0.2, -0.15) is 0 Å². The van der Waals surface area contributed by atoms with E-state index >= 15 is 0 Å². The van der Waals surface area contributed by atoms with E-state index in [1.54, 1.807) is 17.9 Å². The molecule has 2 heterocycles. The number of Topliss-reactive ketones (excluding diaryl/α,β-unsaturated/α-hetero) is 1. The highest BCUT2D eigenvalue weighted by molar-refractivity contribution is 5.92. The Morgan fingerprint density at radius 3 is 2.32 bits per heavy atom. The van der Waals surface area contributed by atoms with Gasteiger partial charge in [-0.05, 0) is 32.4 Å². The van der Waals surface area contributed by atoms with Crippen LogP contribution >= 0.6 is 0 Å². The van der Waals surface area contributed by atoms with Crippen LogP contribution in [0.4, 0.5) is 0 Å². The van der Waals surface area contributed by atoms with E-state index in [1.807, 2.05) is 13.8 Å².